The van der Waals surface area contributed by atoms with E-state index in [2.05, 4.69) is 0 Å². The van der Waals surface area contributed by atoms with E-state index in [9.17, 15) is 9.59 Å². The smallest absolute Gasteiger partial charge is 0.306 e. The largest absolute Gasteiger partial charge is 0.460 e. The number of hydrogen-bond donors (Lipinski definition) is 0. The van der Waals surface area contributed by atoms with Gasteiger partial charge in [0.2, 0.25) is 0 Å². The van der Waals surface area contributed by atoms with E-state index in [1.807, 2.05) is 27.7 Å². The summed E-state index contributed by atoms with van der Waals surface area (Å²) in [6, 6.07) is 0. The molecule has 0 aromatic carbocycles. The van der Waals surface area contributed by atoms with Crippen LogP contribution in [0.1, 0.15) is 130 Å². The zero-order chi connectivity index (χ0) is 26.0. The molecule has 0 saturated carbocycles. The van der Waals surface area contributed by atoms with Crippen molar-refractivity contribution >= 4 is 11.8 Å². The fraction of sp³-hybridized carbons (Fsp3) is 0.931. The predicted octanol–water partition coefficient (Wildman–Crippen LogP) is 7.21. The lowest BCUT2D eigenvalue weighted by atomic mass is 10.0. The Labute approximate surface area is 216 Å². The van der Waals surface area contributed by atoms with E-state index >= 15 is 0 Å². The second-order valence-electron chi connectivity index (χ2n) is 10.4. The number of ketones is 1. The highest BCUT2D eigenvalue weighted by molar-refractivity contribution is 5.78. The van der Waals surface area contributed by atoms with Gasteiger partial charge >= 0.3 is 5.97 Å². The number of rotatable bonds is 26. The molecule has 0 heterocycles. The third kappa shape index (κ3) is 29.1. The van der Waals surface area contributed by atoms with E-state index in [-0.39, 0.29) is 11.6 Å². The molecule has 6 nitrogen and oxygen atoms in total. The average molecular weight is 501 g/mol. The molecule has 208 valence electrons. The summed E-state index contributed by atoms with van der Waals surface area (Å²) < 4.78 is 21.4. The Morgan fingerprint density at radius 1 is 0.514 bits per heavy atom. The molecule has 0 aromatic heterocycles. The summed E-state index contributed by atoms with van der Waals surface area (Å²) in [5, 5.41) is 0. The van der Waals surface area contributed by atoms with Crippen molar-refractivity contribution in [2.45, 2.75) is 136 Å². The molecule has 6 heteroatoms. The average Bonchev–Trinajstić information content (AvgIpc) is 2.79. The molecule has 0 amide bonds. The summed E-state index contributed by atoms with van der Waals surface area (Å²) >= 11 is 0. The molecule has 0 bridgehead atoms. The molecule has 0 atom stereocenters. The normalized spacial score (nSPS) is 11.7. The number of unbranched alkanes of at least 4 members (excludes halogenated alkanes) is 11. The SMILES string of the molecule is CCOCCOCCOCCCC(=O)CCCCCCCCCCCCCCC(=O)OC(C)(C)C. The number of carbonyl (C=O) groups excluding carboxylic acids is 2. The minimum Gasteiger partial charge on any atom is -0.460 e. The molecule has 0 fully saturated rings. The third-order valence-corrected chi connectivity index (χ3v) is 5.70. The van der Waals surface area contributed by atoms with E-state index in [0.717, 1.165) is 32.3 Å². The van der Waals surface area contributed by atoms with Crippen molar-refractivity contribution in [2.75, 3.05) is 39.6 Å². The van der Waals surface area contributed by atoms with E-state index in [0.29, 0.717) is 58.1 Å². The van der Waals surface area contributed by atoms with Crippen molar-refractivity contribution in [1.29, 1.82) is 0 Å². The molecule has 0 aliphatic heterocycles. The Bertz CT molecular complexity index is 486. The maximum absolute atomic E-state index is 12.0. The molecular weight excluding hydrogens is 444 g/mol. The summed E-state index contributed by atoms with van der Waals surface area (Å²) in [6.45, 7) is 11.5. The first-order valence-electron chi connectivity index (χ1n) is 14.3. The Morgan fingerprint density at radius 2 is 0.914 bits per heavy atom. The molecule has 0 spiro atoms. The summed E-state index contributed by atoms with van der Waals surface area (Å²) in [7, 11) is 0. The van der Waals surface area contributed by atoms with Gasteiger partial charge in [-0.2, -0.15) is 0 Å². The van der Waals surface area contributed by atoms with Crippen LogP contribution >= 0.6 is 0 Å². The van der Waals surface area contributed by atoms with Crippen molar-refractivity contribution in [2.24, 2.45) is 0 Å². The highest BCUT2D eigenvalue weighted by Crippen LogP contribution is 2.14. The second-order valence-corrected chi connectivity index (χ2v) is 10.4. The van der Waals surface area contributed by atoms with Crippen LogP contribution in [-0.4, -0.2) is 57.0 Å². The molecule has 0 aromatic rings. The molecular formula is C29H56O6. The summed E-state index contributed by atoms with van der Waals surface area (Å²) in [5.41, 5.74) is -0.370. The van der Waals surface area contributed by atoms with Gasteiger partial charge in [0.1, 0.15) is 11.4 Å². The molecule has 0 aliphatic rings. The van der Waals surface area contributed by atoms with Crippen LogP contribution in [0, 0.1) is 0 Å². The Kier molecular flexibility index (Phi) is 24.0. The van der Waals surface area contributed by atoms with Gasteiger partial charge in [-0.1, -0.05) is 64.2 Å². The standard InChI is InChI=1S/C29H56O6/c1-5-32-23-24-34-26-25-33-22-18-20-27(30)19-16-14-12-10-8-6-7-9-11-13-15-17-21-28(31)35-29(2,3)4/h5-26H2,1-4H3. The van der Waals surface area contributed by atoms with Crippen molar-refractivity contribution in [1.82, 2.24) is 0 Å². The number of hydrogen-bond acceptors (Lipinski definition) is 6. The van der Waals surface area contributed by atoms with Gasteiger partial charge in [-0.05, 0) is 47.0 Å². The first kappa shape index (κ1) is 34.0. The summed E-state index contributed by atoms with van der Waals surface area (Å²) in [5.74, 6) is 0.297. The van der Waals surface area contributed by atoms with Crippen LogP contribution in [0.15, 0.2) is 0 Å². The van der Waals surface area contributed by atoms with Crippen LogP contribution in [0.2, 0.25) is 0 Å². The molecule has 0 rings (SSSR count). The Morgan fingerprint density at radius 3 is 1.40 bits per heavy atom. The van der Waals surface area contributed by atoms with Gasteiger partial charge in [0.15, 0.2) is 0 Å². The van der Waals surface area contributed by atoms with Gasteiger partial charge < -0.3 is 18.9 Å². The second kappa shape index (κ2) is 24.7. The summed E-state index contributed by atoms with van der Waals surface area (Å²) in [4.78, 5) is 23.6. The number of carbonyl (C=O) groups is 2. The zero-order valence-corrected chi connectivity index (χ0v) is 23.5. The lowest BCUT2D eigenvalue weighted by molar-refractivity contribution is -0.154. The molecule has 0 aliphatic carbocycles. The Balaban J connectivity index is 3.23. The monoisotopic (exact) mass is 500 g/mol. The maximum atomic E-state index is 12.0. The van der Waals surface area contributed by atoms with Crippen LogP contribution in [0.25, 0.3) is 0 Å². The van der Waals surface area contributed by atoms with E-state index in [1.54, 1.807) is 0 Å². The van der Waals surface area contributed by atoms with Gasteiger partial charge in [0, 0.05) is 32.5 Å². The van der Waals surface area contributed by atoms with Crippen LogP contribution in [0.3, 0.4) is 0 Å². The van der Waals surface area contributed by atoms with E-state index < -0.39 is 0 Å². The Hall–Kier alpha value is -0.980. The molecule has 0 unspecified atom stereocenters. The minimum absolute atomic E-state index is 0.0710. The van der Waals surface area contributed by atoms with Gasteiger partial charge in [-0.3, -0.25) is 9.59 Å². The van der Waals surface area contributed by atoms with Gasteiger partial charge in [0.25, 0.3) is 0 Å². The minimum atomic E-state index is -0.370. The topological polar surface area (TPSA) is 71.1 Å². The molecule has 35 heavy (non-hydrogen) atoms. The lowest BCUT2D eigenvalue weighted by Crippen LogP contribution is -2.23. The highest BCUT2D eigenvalue weighted by Gasteiger charge is 2.15. The quantitative estimate of drug-likeness (QED) is 0.0923. The molecule has 0 N–H and O–H groups in total. The number of ether oxygens (including phenoxy) is 4. The first-order valence-corrected chi connectivity index (χ1v) is 14.3. The predicted molar refractivity (Wildman–Crippen MR) is 143 cm³/mol. The van der Waals surface area contributed by atoms with Gasteiger partial charge in [-0.25, -0.2) is 0 Å². The molecule has 0 saturated heterocycles. The highest BCUT2D eigenvalue weighted by atomic mass is 16.6. The van der Waals surface area contributed by atoms with Gasteiger partial charge in [-0.15, -0.1) is 0 Å². The summed E-state index contributed by atoms with van der Waals surface area (Å²) in [6.07, 6.45) is 17.2. The van der Waals surface area contributed by atoms with Crippen molar-refractivity contribution in [3.63, 3.8) is 0 Å². The van der Waals surface area contributed by atoms with E-state index in [4.69, 9.17) is 18.9 Å². The van der Waals surface area contributed by atoms with Crippen LogP contribution in [0.5, 0.6) is 0 Å². The maximum Gasteiger partial charge on any atom is 0.306 e. The number of esters is 1. The fourth-order valence-electron chi connectivity index (χ4n) is 3.83. The van der Waals surface area contributed by atoms with Crippen LogP contribution in [-0.2, 0) is 28.5 Å². The van der Waals surface area contributed by atoms with Crippen molar-refractivity contribution < 1.29 is 28.5 Å². The third-order valence-electron chi connectivity index (χ3n) is 5.70. The van der Waals surface area contributed by atoms with Crippen LogP contribution < -0.4 is 0 Å². The van der Waals surface area contributed by atoms with Crippen molar-refractivity contribution in [3.8, 4) is 0 Å². The van der Waals surface area contributed by atoms with Crippen molar-refractivity contribution in [3.05, 3.63) is 0 Å². The zero-order valence-electron chi connectivity index (χ0n) is 23.5. The van der Waals surface area contributed by atoms with Crippen LogP contribution in [0.4, 0.5) is 0 Å². The first-order chi connectivity index (χ1) is 16.8. The fourth-order valence-corrected chi connectivity index (χ4v) is 3.83. The lowest BCUT2D eigenvalue weighted by Gasteiger charge is -2.19. The van der Waals surface area contributed by atoms with E-state index in [1.165, 1.54) is 57.8 Å². The molecule has 0 radical (unpaired) electrons. The number of Topliss-reactive ketones (excluding diaryl/α,β-unsaturated/α-hetero) is 1. The van der Waals surface area contributed by atoms with Gasteiger partial charge in [0.05, 0.1) is 26.4 Å².